The summed E-state index contributed by atoms with van der Waals surface area (Å²) < 4.78 is 27.6. The minimum absolute atomic E-state index is 0.0451. The Morgan fingerprint density at radius 1 is 0.735 bits per heavy atom. The fourth-order valence-corrected chi connectivity index (χ4v) is 5.40. The molecule has 1 unspecified atom stereocenters. The van der Waals surface area contributed by atoms with Crippen molar-refractivity contribution < 1.29 is 13.2 Å². The fraction of sp³-hybridized carbons (Fsp3) is 0.0741. The average Bonchev–Trinajstić information content (AvgIpc) is 2.87. The molecule has 1 N–H and O–H groups in total. The molecule has 0 aromatic heterocycles. The molecule has 0 radical (unpaired) electrons. The van der Waals surface area contributed by atoms with Gasteiger partial charge in [0.25, 0.3) is 10.0 Å². The lowest BCUT2D eigenvalue weighted by molar-refractivity contribution is -0.117. The largest absolute Gasteiger partial charge is 0.280 e. The SMILES string of the molecule is CC(Sc1ccc(NS(=O)(=O)c2ccccc2)cc1)C(=O)N(c1ccccc1)c1ccccc1. The Bertz CT molecular complexity index is 1290. The average molecular weight is 489 g/mol. The van der Waals surface area contributed by atoms with E-state index in [1.165, 1.54) is 11.8 Å². The van der Waals surface area contributed by atoms with Crippen LogP contribution in [0.25, 0.3) is 0 Å². The van der Waals surface area contributed by atoms with Gasteiger partial charge in [-0.25, -0.2) is 8.42 Å². The molecule has 0 aliphatic heterocycles. The van der Waals surface area contributed by atoms with Crippen molar-refractivity contribution in [1.82, 2.24) is 0 Å². The van der Waals surface area contributed by atoms with E-state index >= 15 is 0 Å². The fourth-order valence-electron chi connectivity index (χ4n) is 3.41. The second-order valence-electron chi connectivity index (χ2n) is 7.55. The smallest absolute Gasteiger partial charge is 0.261 e. The number of thioether (sulfide) groups is 1. The lowest BCUT2D eigenvalue weighted by Crippen LogP contribution is -2.32. The van der Waals surface area contributed by atoms with Crippen LogP contribution in [0.4, 0.5) is 17.1 Å². The zero-order valence-electron chi connectivity index (χ0n) is 18.5. The first-order chi connectivity index (χ1) is 16.4. The Labute approximate surface area is 204 Å². The third kappa shape index (κ3) is 5.68. The van der Waals surface area contributed by atoms with Crippen LogP contribution >= 0.6 is 11.8 Å². The van der Waals surface area contributed by atoms with Gasteiger partial charge in [0, 0.05) is 22.0 Å². The molecule has 0 fully saturated rings. The maximum atomic E-state index is 13.5. The van der Waals surface area contributed by atoms with E-state index in [1.54, 1.807) is 47.4 Å². The van der Waals surface area contributed by atoms with Gasteiger partial charge in [-0.1, -0.05) is 54.6 Å². The summed E-state index contributed by atoms with van der Waals surface area (Å²) in [6, 6.07) is 34.4. The van der Waals surface area contributed by atoms with E-state index < -0.39 is 10.0 Å². The number of carbonyl (C=O) groups excluding carboxylic acids is 1. The number of para-hydroxylation sites is 2. The molecule has 1 amide bonds. The molecule has 0 aliphatic rings. The molecule has 0 aliphatic carbocycles. The summed E-state index contributed by atoms with van der Waals surface area (Å²) in [4.78, 5) is 16.3. The van der Waals surface area contributed by atoms with Crippen LogP contribution in [0.5, 0.6) is 0 Å². The second-order valence-corrected chi connectivity index (χ2v) is 10.6. The molecule has 172 valence electrons. The molecular formula is C27H24N2O3S2. The number of benzene rings is 4. The van der Waals surface area contributed by atoms with Crippen molar-refractivity contribution in [3.63, 3.8) is 0 Å². The summed E-state index contributed by atoms with van der Waals surface area (Å²) in [5.41, 5.74) is 2.07. The Kier molecular flexibility index (Phi) is 7.35. The number of hydrogen-bond donors (Lipinski definition) is 1. The summed E-state index contributed by atoms with van der Waals surface area (Å²) in [7, 11) is -3.65. The Morgan fingerprint density at radius 3 is 1.71 bits per heavy atom. The molecule has 1 atom stereocenters. The molecule has 4 aromatic carbocycles. The van der Waals surface area contributed by atoms with E-state index in [4.69, 9.17) is 0 Å². The van der Waals surface area contributed by atoms with Crippen molar-refractivity contribution in [2.24, 2.45) is 0 Å². The highest BCUT2D eigenvalue weighted by atomic mass is 32.2. The van der Waals surface area contributed by atoms with Gasteiger partial charge in [0.05, 0.1) is 10.1 Å². The van der Waals surface area contributed by atoms with E-state index in [1.807, 2.05) is 79.7 Å². The number of carbonyl (C=O) groups is 1. The van der Waals surface area contributed by atoms with Crippen molar-refractivity contribution in [3.05, 3.63) is 115 Å². The number of hydrogen-bond acceptors (Lipinski definition) is 4. The minimum Gasteiger partial charge on any atom is -0.280 e. The Balaban J connectivity index is 1.48. The molecular weight excluding hydrogens is 464 g/mol. The molecule has 0 bridgehead atoms. The number of nitrogens with one attached hydrogen (secondary N) is 1. The van der Waals surface area contributed by atoms with Crippen LogP contribution in [0.3, 0.4) is 0 Å². The van der Waals surface area contributed by atoms with Crippen molar-refractivity contribution in [3.8, 4) is 0 Å². The van der Waals surface area contributed by atoms with E-state index in [-0.39, 0.29) is 16.1 Å². The van der Waals surface area contributed by atoms with Crippen LogP contribution in [0.15, 0.2) is 125 Å². The van der Waals surface area contributed by atoms with Gasteiger partial charge in [-0.3, -0.25) is 14.4 Å². The first-order valence-corrected chi connectivity index (χ1v) is 13.1. The molecule has 5 nitrogen and oxygen atoms in total. The first-order valence-electron chi connectivity index (χ1n) is 10.7. The van der Waals surface area contributed by atoms with Gasteiger partial charge < -0.3 is 0 Å². The van der Waals surface area contributed by atoms with Crippen LogP contribution in [0, 0.1) is 0 Å². The van der Waals surface area contributed by atoms with Gasteiger partial charge in [-0.15, -0.1) is 11.8 Å². The predicted octanol–water partition coefficient (Wildman–Crippen LogP) is 6.33. The van der Waals surface area contributed by atoms with Gasteiger partial charge in [0.1, 0.15) is 0 Å². The highest BCUT2D eigenvalue weighted by molar-refractivity contribution is 8.00. The number of sulfonamides is 1. The zero-order chi connectivity index (χ0) is 24.0. The number of amides is 1. The second kappa shape index (κ2) is 10.6. The van der Waals surface area contributed by atoms with Crippen LogP contribution in [0.2, 0.25) is 0 Å². The minimum atomic E-state index is -3.65. The number of anilines is 3. The highest BCUT2D eigenvalue weighted by Gasteiger charge is 2.24. The van der Waals surface area contributed by atoms with Crippen LogP contribution in [-0.4, -0.2) is 19.6 Å². The van der Waals surface area contributed by atoms with Crippen molar-refractivity contribution >= 4 is 44.8 Å². The molecule has 34 heavy (non-hydrogen) atoms. The number of nitrogens with zero attached hydrogens (tertiary/aromatic N) is 1. The van der Waals surface area contributed by atoms with Gasteiger partial charge >= 0.3 is 0 Å². The van der Waals surface area contributed by atoms with Crippen LogP contribution < -0.4 is 9.62 Å². The summed E-state index contributed by atoms with van der Waals surface area (Å²) in [6.07, 6.45) is 0. The third-order valence-electron chi connectivity index (χ3n) is 5.07. The first kappa shape index (κ1) is 23.6. The molecule has 0 saturated heterocycles. The summed E-state index contributed by atoms with van der Waals surface area (Å²) in [5, 5.41) is -0.368. The number of rotatable bonds is 8. The van der Waals surface area contributed by atoms with Gasteiger partial charge in [-0.05, 0) is 67.6 Å². The molecule has 7 heteroatoms. The summed E-state index contributed by atoms with van der Waals surface area (Å²) in [5.74, 6) is -0.0451. The summed E-state index contributed by atoms with van der Waals surface area (Å²) in [6.45, 7) is 1.87. The van der Waals surface area contributed by atoms with E-state index in [0.29, 0.717) is 5.69 Å². The van der Waals surface area contributed by atoms with Crippen LogP contribution in [0.1, 0.15) is 6.92 Å². The topological polar surface area (TPSA) is 66.5 Å². The molecule has 4 rings (SSSR count). The third-order valence-corrected chi connectivity index (χ3v) is 7.57. The van der Waals surface area contributed by atoms with Crippen molar-refractivity contribution in [2.75, 3.05) is 9.62 Å². The molecule has 0 saturated carbocycles. The molecule has 4 aromatic rings. The predicted molar refractivity (Wildman–Crippen MR) is 139 cm³/mol. The van der Waals surface area contributed by atoms with Crippen LogP contribution in [-0.2, 0) is 14.8 Å². The normalized spacial score (nSPS) is 12.0. The quantitative estimate of drug-likeness (QED) is 0.294. The van der Waals surface area contributed by atoms with Crippen molar-refractivity contribution in [2.45, 2.75) is 22.0 Å². The monoisotopic (exact) mass is 488 g/mol. The van der Waals surface area contributed by atoms with Gasteiger partial charge in [-0.2, -0.15) is 0 Å². The molecule has 0 spiro atoms. The Morgan fingerprint density at radius 2 is 1.21 bits per heavy atom. The van der Waals surface area contributed by atoms with Gasteiger partial charge in [0.15, 0.2) is 0 Å². The van der Waals surface area contributed by atoms with E-state index in [0.717, 1.165) is 16.3 Å². The van der Waals surface area contributed by atoms with Gasteiger partial charge in [0.2, 0.25) is 5.91 Å². The van der Waals surface area contributed by atoms with Crippen molar-refractivity contribution in [1.29, 1.82) is 0 Å². The highest BCUT2D eigenvalue weighted by Crippen LogP contribution is 2.31. The zero-order valence-corrected chi connectivity index (χ0v) is 20.2. The van der Waals surface area contributed by atoms with E-state index in [2.05, 4.69) is 4.72 Å². The summed E-state index contributed by atoms with van der Waals surface area (Å²) >= 11 is 1.42. The lowest BCUT2D eigenvalue weighted by Gasteiger charge is -2.26. The maximum Gasteiger partial charge on any atom is 0.261 e. The molecule has 0 heterocycles. The standard InChI is InChI=1S/C27H24N2O3S2/c1-21(27(30)29(23-11-5-2-6-12-23)24-13-7-3-8-14-24)33-25-19-17-22(18-20-25)28-34(31,32)26-15-9-4-10-16-26/h2-21,28H,1H3. The Hall–Kier alpha value is -3.55. The van der Waals surface area contributed by atoms with E-state index in [9.17, 15) is 13.2 Å². The maximum absolute atomic E-state index is 13.5. The lowest BCUT2D eigenvalue weighted by atomic mass is 10.2.